The normalized spacial score (nSPS) is 14.9. The zero-order valence-corrected chi connectivity index (χ0v) is 9.57. The van der Waals surface area contributed by atoms with Crippen molar-refractivity contribution < 1.29 is 0 Å². The largest absolute Gasteiger partial charge is 0.270 e. The molecule has 4 heteroatoms. The van der Waals surface area contributed by atoms with Crippen LogP contribution in [0.15, 0.2) is 23.7 Å². The number of rotatable bonds is 3. The summed E-state index contributed by atoms with van der Waals surface area (Å²) in [5.74, 6) is 0.780. The SMILES string of the molecule is N#Cc1cn(CC2CC2)nc1-c1cccs1. The third kappa shape index (κ3) is 1.74. The van der Waals surface area contributed by atoms with Crippen LogP contribution >= 0.6 is 11.3 Å². The molecule has 1 aliphatic rings. The van der Waals surface area contributed by atoms with Gasteiger partial charge in [0, 0.05) is 12.7 Å². The average Bonchev–Trinajstić information content (AvgIpc) is 2.83. The van der Waals surface area contributed by atoms with Gasteiger partial charge in [-0.3, -0.25) is 4.68 Å². The minimum Gasteiger partial charge on any atom is -0.270 e. The van der Waals surface area contributed by atoms with Crippen molar-refractivity contribution in [1.82, 2.24) is 9.78 Å². The number of hydrogen-bond acceptors (Lipinski definition) is 3. The van der Waals surface area contributed by atoms with Crippen molar-refractivity contribution in [3.63, 3.8) is 0 Å². The Kier molecular flexibility index (Phi) is 2.26. The van der Waals surface area contributed by atoms with E-state index in [-0.39, 0.29) is 0 Å². The van der Waals surface area contributed by atoms with E-state index in [0.29, 0.717) is 5.56 Å². The monoisotopic (exact) mass is 229 g/mol. The van der Waals surface area contributed by atoms with E-state index in [1.54, 1.807) is 11.3 Å². The van der Waals surface area contributed by atoms with Gasteiger partial charge in [-0.05, 0) is 30.2 Å². The third-order valence-electron chi connectivity index (χ3n) is 2.78. The van der Waals surface area contributed by atoms with Gasteiger partial charge in [0.25, 0.3) is 0 Å². The van der Waals surface area contributed by atoms with Crippen LogP contribution < -0.4 is 0 Å². The van der Waals surface area contributed by atoms with Crippen molar-refractivity contribution in [2.24, 2.45) is 5.92 Å². The Balaban J connectivity index is 1.96. The lowest BCUT2D eigenvalue weighted by molar-refractivity contribution is 0.564. The van der Waals surface area contributed by atoms with Crippen molar-refractivity contribution in [3.8, 4) is 16.6 Å². The van der Waals surface area contributed by atoms with Gasteiger partial charge < -0.3 is 0 Å². The fourth-order valence-electron chi connectivity index (χ4n) is 1.76. The Morgan fingerprint density at radius 2 is 2.44 bits per heavy atom. The van der Waals surface area contributed by atoms with Crippen LogP contribution in [0.25, 0.3) is 10.6 Å². The van der Waals surface area contributed by atoms with Gasteiger partial charge in [0.15, 0.2) is 0 Å². The summed E-state index contributed by atoms with van der Waals surface area (Å²) in [6, 6.07) is 6.22. The fourth-order valence-corrected chi connectivity index (χ4v) is 2.48. The molecule has 0 spiro atoms. The van der Waals surface area contributed by atoms with E-state index in [4.69, 9.17) is 5.26 Å². The van der Waals surface area contributed by atoms with E-state index >= 15 is 0 Å². The van der Waals surface area contributed by atoms with E-state index in [2.05, 4.69) is 11.2 Å². The van der Waals surface area contributed by atoms with Gasteiger partial charge in [-0.25, -0.2) is 0 Å². The second-order valence-corrected chi connectivity index (χ2v) is 5.09. The molecule has 0 saturated heterocycles. The van der Waals surface area contributed by atoms with Gasteiger partial charge in [-0.15, -0.1) is 11.3 Å². The summed E-state index contributed by atoms with van der Waals surface area (Å²) in [4.78, 5) is 1.08. The summed E-state index contributed by atoms with van der Waals surface area (Å²) in [5.41, 5.74) is 1.52. The quantitative estimate of drug-likeness (QED) is 0.812. The Morgan fingerprint density at radius 3 is 3.06 bits per heavy atom. The molecule has 0 aromatic carbocycles. The van der Waals surface area contributed by atoms with E-state index in [1.165, 1.54) is 12.8 Å². The van der Waals surface area contributed by atoms with Crippen LogP contribution in [0.5, 0.6) is 0 Å². The zero-order valence-electron chi connectivity index (χ0n) is 8.76. The Labute approximate surface area is 97.9 Å². The van der Waals surface area contributed by atoms with E-state index in [0.717, 1.165) is 23.0 Å². The molecule has 2 aromatic rings. The first kappa shape index (κ1) is 9.61. The third-order valence-corrected chi connectivity index (χ3v) is 3.66. The summed E-state index contributed by atoms with van der Waals surface area (Å²) in [5, 5.41) is 15.6. The molecule has 1 fully saturated rings. The van der Waals surface area contributed by atoms with Crippen molar-refractivity contribution in [1.29, 1.82) is 5.26 Å². The lowest BCUT2D eigenvalue weighted by Crippen LogP contribution is -1.99. The summed E-state index contributed by atoms with van der Waals surface area (Å²) in [6.45, 7) is 0.958. The topological polar surface area (TPSA) is 41.6 Å². The summed E-state index contributed by atoms with van der Waals surface area (Å²) >= 11 is 1.63. The number of thiophene rings is 1. The molecule has 0 aliphatic heterocycles. The van der Waals surface area contributed by atoms with Crippen LogP contribution in [-0.4, -0.2) is 9.78 Å². The van der Waals surface area contributed by atoms with Gasteiger partial charge in [-0.1, -0.05) is 6.07 Å². The maximum absolute atomic E-state index is 9.08. The number of nitrogens with zero attached hydrogens (tertiary/aromatic N) is 3. The highest BCUT2D eigenvalue weighted by atomic mass is 32.1. The number of nitriles is 1. The molecule has 3 nitrogen and oxygen atoms in total. The van der Waals surface area contributed by atoms with Gasteiger partial charge in [0.1, 0.15) is 11.8 Å². The molecule has 2 heterocycles. The highest BCUT2D eigenvalue weighted by Gasteiger charge is 2.23. The first-order chi connectivity index (χ1) is 7.86. The molecule has 80 valence electrons. The van der Waals surface area contributed by atoms with Crippen LogP contribution in [-0.2, 0) is 6.54 Å². The molecule has 0 N–H and O–H groups in total. The number of aromatic nitrogens is 2. The molecule has 1 saturated carbocycles. The molecule has 0 unspecified atom stereocenters. The van der Waals surface area contributed by atoms with Crippen molar-refractivity contribution >= 4 is 11.3 Å². The molecule has 0 atom stereocenters. The highest BCUT2D eigenvalue weighted by molar-refractivity contribution is 7.13. The summed E-state index contributed by atoms with van der Waals surface area (Å²) < 4.78 is 1.92. The van der Waals surface area contributed by atoms with E-state index < -0.39 is 0 Å². The maximum atomic E-state index is 9.08. The summed E-state index contributed by atoms with van der Waals surface area (Å²) in [6.07, 6.45) is 4.47. The lowest BCUT2D eigenvalue weighted by atomic mass is 10.2. The molecule has 16 heavy (non-hydrogen) atoms. The molecule has 0 amide bonds. The molecule has 0 radical (unpaired) electrons. The van der Waals surface area contributed by atoms with Crippen LogP contribution in [0, 0.1) is 17.2 Å². The first-order valence-corrected chi connectivity index (χ1v) is 6.26. The second-order valence-electron chi connectivity index (χ2n) is 4.15. The van der Waals surface area contributed by atoms with Crippen LogP contribution in [0.1, 0.15) is 18.4 Å². The highest BCUT2D eigenvalue weighted by Crippen LogP contribution is 2.32. The molecular weight excluding hydrogens is 218 g/mol. The van der Waals surface area contributed by atoms with Crippen molar-refractivity contribution in [2.75, 3.05) is 0 Å². The van der Waals surface area contributed by atoms with Gasteiger partial charge in [-0.2, -0.15) is 10.4 Å². The average molecular weight is 229 g/mol. The minimum atomic E-state index is 0.683. The Morgan fingerprint density at radius 1 is 1.56 bits per heavy atom. The summed E-state index contributed by atoms with van der Waals surface area (Å²) in [7, 11) is 0. The Bertz CT molecular complexity index is 529. The standard InChI is InChI=1S/C12H11N3S/c13-6-10-8-15(7-9-3-4-9)14-12(10)11-2-1-5-16-11/h1-2,5,8-9H,3-4,7H2. The first-order valence-electron chi connectivity index (χ1n) is 5.38. The molecule has 0 bridgehead atoms. The van der Waals surface area contributed by atoms with Gasteiger partial charge in [0.05, 0.1) is 10.4 Å². The minimum absolute atomic E-state index is 0.683. The van der Waals surface area contributed by atoms with Crippen LogP contribution in [0.4, 0.5) is 0 Å². The van der Waals surface area contributed by atoms with Crippen LogP contribution in [0.2, 0.25) is 0 Å². The van der Waals surface area contributed by atoms with Gasteiger partial charge in [0.2, 0.25) is 0 Å². The zero-order chi connectivity index (χ0) is 11.0. The smallest absolute Gasteiger partial charge is 0.120 e. The van der Waals surface area contributed by atoms with Crippen LogP contribution in [0.3, 0.4) is 0 Å². The predicted molar refractivity (Wildman–Crippen MR) is 63.0 cm³/mol. The van der Waals surface area contributed by atoms with Gasteiger partial charge >= 0.3 is 0 Å². The van der Waals surface area contributed by atoms with E-state index in [1.807, 2.05) is 28.4 Å². The molecule has 3 rings (SSSR count). The van der Waals surface area contributed by atoms with Crippen molar-refractivity contribution in [3.05, 3.63) is 29.3 Å². The van der Waals surface area contributed by atoms with E-state index in [9.17, 15) is 0 Å². The molecular formula is C12H11N3S. The second kappa shape index (κ2) is 3.76. The molecule has 1 aliphatic carbocycles. The predicted octanol–water partition coefficient (Wildman–Crippen LogP) is 2.89. The number of hydrogen-bond donors (Lipinski definition) is 0. The Hall–Kier alpha value is -1.60. The lowest BCUT2D eigenvalue weighted by Gasteiger charge is -1.96. The molecule has 2 aromatic heterocycles. The fraction of sp³-hybridized carbons (Fsp3) is 0.333. The maximum Gasteiger partial charge on any atom is 0.120 e. The van der Waals surface area contributed by atoms with Crippen molar-refractivity contribution in [2.45, 2.75) is 19.4 Å².